The summed E-state index contributed by atoms with van der Waals surface area (Å²) in [5, 5.41) is 0. The van der Waals surface area contributed by atoms with Crippen LogP contribution in [-0.2, 0) is 15.9 Å². The number of rotatable bonds is 6. The Bertz CT molecular complexity index is 778. The maximum absolute atomic E-state index is 13.7. The van der Waals surface area contributed by atoms with Gasteiger partial charge in [-0.3, -0.25) is 0 Å². The second-order valence-corrected chi connectivity index (χ2v) is 7.44. The number of nitrogens with two attached hydrogens (primary N) is 1. The Morgan fingerprint density at radius 2 is 2.00 bits per heavy atom. The van der Waals surface area contributed by atoms with Crippen LogP contribution in [0.1, 0.15) is 32.3 Å². The number of hydrogen-bond donors (Lipinski definition) is 1. The number of ether oxygens (including phenoxy) is 3. The maximum atomic E-state index is 13.7. The van der Waals surface area contributed by atoms with E-state index in [1.54, 1.807) is 13.2 Å². The Balaban J connectivity index is 1.84. The van der Waals surface area contributed by atoms with Crippen molar-refractivity contribution in [2.75, 3.05) is 13.7 Å². The van der Waals surface area contributed by atoms with Crippen LogP contribution in [0, 0.1) is 5.82 Å². The molecular formula is C22H28FNO3. The van der Waals surface area contributed by atoms with Crippen LogP contribution in [0.15, 0.2) is 42.5 Å². The van der Waals surface area contributed by atoms with Crippen molar-refractivity contribution in [3.05, 3.63) is 53.8 Å². The molecule has 2 aromatic carbocycles. The standard InChI is InChI=1S/C22H28FNO3/c1-22(2)20(25-3)9-10-21(27-22)26-18-8-7-15(11-12-24)19(14-18)16-5-4-6-17(23)13-16/h4-8,13-14,20-21H,9-12,24H2,1-3H3. The van der Waals surface area contributed by atoms with Crippen molar-refractivity contribution < 1.29 is 18.6 Å². The first-order valence-corrected chi connectivity index (χ1v) is 9.39. The molecule has 0 saturated carbocycles. The zero-order valence-electron chi connectivity index (χ0n) is 16.2. The molecule has 2 atom stereocenters. The van der Waals surface area contributed by atoms with Gasteiger partial charge in [0.25, 0.3) is 0 Å². The molecule has 27 heavy (non-hydrogen) atoms. The molecule has 146 valence electrons. The summed E-state index contributed by atoms with van der Waals surface area (Å²) in [4.78, 5) is 0. The van der Waals surface area contributed by atoms with Crippen molar-refractivity contribution in [2.45, 2.75) is 51.1 Å². The summed E-state index contributed by atoms with van der Waals surface area (Å²) in [6.45, 7) is 4.55. The summed E-state index contributed by atoms with van der Waals surface area (Å²) in [5.41, 5.74) is 8.14. The number of halogens is 1. The van der Waals surface area contributed by atoms with Crippen LogP contribution in [0.4, 0.5) is 4.39 Å². The molecule has 0 aromatic heterocycles. The van der Waals surface area contributed by atoms with E-state index in [2.05, 4.69) is 0 Å². The molecule has 5 heteroatoms. The highest BCUT2D eigenvalue weighted by Crippen LogP contribution is 2.34. The van der Waals surface area contributed by atoms with E-state index in [0.29, 0.717) is 18.7 Å². The van der Waals surface area contributed by atoms with Gasteiger partial charge in [0, 0.05) is 13.5 Å². The molecule has 2 N–H and O–H groups in total. The van der Waals surface area contributed by atoms with E-state index in [1.807, 2.05) is 38.1 Å². The van der Waals surface area contributed by atoms with E-state index in [-0.39, 0.29) is 18.2 Å². The minimum atomic E-state index is -0.414. The molecule has 1 heterocycles. The Kier molecular flexibility index (Phi) is 6.15. The lowest BCUT2D eigenvalue weighted by molar-refractivity contribution is -0.233. The van der Waals surface area contributed by atoms with Crippen molar-refractivity contribution in [1.82, 2.24) is 0 Å². The summed E-state index contributed by atoms with van der Waals surface area (Å²) in [6, 6.07) is 12.4. The third kappa shape index (κ3) is 4.67. The van der Waals surface area contributed by atoms with Crippen molar-refractivity contribution in [2.24, 2.45) is 5.73 Å². The van der Waals surface area contributed by atoms with E-state index in [0.717, 1.165) is 29.5 Å². The highest BCUT2D eigenvalue weighted by molar-refractivity contribution is 5.69. The van der Waals surface area contributed by atoms with Gasteiger partial charge in [0.05, 0.1) is 11.7 Å². The second-order valence-electron chi connectivity index (χ2n) is 7.44. The largest absolute Gasteiger partial charge is 0.465 e. The summed E-state index contributed by atoms with van der Waals surface area (Å²) in [6.07, 6.45) is 2.05. The first-order valence-electron chi connectivity index (χ1n) is 9.39. The van der Waals surface area contributed by atoms with Gasteiger partial charge in [-0.05, 0) is 74.2 Å². The van der Waals surface area contributed by atoms with Crippen molar-refractivity contribution >= 4 is 0 Å². The molecule has 1 fully saturated rings. The topological polar surface area (TPSA) is 53.7 Å². The Morgan fingerprint density at radius 1 is 1.19 bits per heavy atom. The Hall–Kier alpha value is -1.95. The first-order chi connectivity index (χ1) is 12.9. The van der Waals surface area contributed by atoms with Gasteiger partial charge in [0.1, 0.15) is 11.6 Å². The van der Waals surface area contributed by atoms with Gasteiger partial charge in [-0.2, -0.15) is 0 Å². The lowest BCUT2D eigenvalue weighted by atomic mass is 9.94. The lowest BCUT2D eigenvalue weighted by Crippen LogP contribution is -2.49. The molecule has 0 bridgehead atoms. The number of benzene rings is 2. The van der Waals surface area contributed by atoms with Crippen LogP contribution in [0.25, 0.3) is 11.1 Å². The molecule has 1 aliphatic rings. The zero-order valence-corrected chi connectivity index (χ0v) is 16.2. The fourth-order valence-corrected chi connectivity index (χ4v) is 3.67. The second kappa shape index (κ2) is 8.38. The fourth-order valence-electron chi connectivity index (χ4n) is 3.67. The SMILES string of the molecule is COC1CCC(Oc2ccc(CCN)c(-c3cccc(F)c3)c2)OC1(C)C. The zero-order chi connectivity index (χ0) is 19.4. The van der Waals surface area contributed by atoms with Crippen molar-refractivity contribution in [3.63, 3.8) is 0 Å². The van der Waals surface area contributed by atoms with Crippen LogP contribution in [0.2, 0.25) is 0 Å². The average Bonchev–Trinajstić information content (AvgIpc) is 2.62. The molecule has 4 nitrogen and oxygen atoms in total. The van der Waals surface area contributed by atoms with Gasteiger partial charge in [0.2, 0.25) is 6.29 Å². The maximum Gasteiger partial charge on any atom is 0.200 e. The molecule has 1 saturated heterocycles. The molecule has 1 aliphatic heterocycles. The van der Waals surface area contributed by atoms with E-state index in [9.17, 15) is 4.39 Å². The molecular weight excluding hydrogens is 345 g/mol. The Labute approximate surface area is 160 Å². The summed E-state index contributed by atoms with van der Waals surface area (Å²) < 4.78 is 31.4. The minimum absolute atomic E-state index is 0.0483. The highest BCUT2D eigenvalue weighted by atomic mass is 19.1. The third-order valence-corrected chi connectivity index (χ3v) is 5.06. The predicted molar refractivity (Wildman–Crippen MR) is 104 cm³/mol. The van der Waals surface area contributed by atoms with E-state index in [4.69, 9.17) is 19.9 Å². The van der Waals surface area contributed by atoms with Crippen LogP contribution in [-0.4, -0.2) is 31.6 Å². The molecule has 0 radical (unpaired) electrons. The lowest BCUT2D eigenvalue weighted by Gasteiger charge is -2.41. The molecule has 3 rings (SSSR count). The summed E-state index contributed by atoms with van der Waals surface area (Å²) in [5.74, 6) is 0.437. The van der Waals surface area contributed by atoms with Gasteiger partial charge < -0.3 is 19.9 Å². The van der Waals surface area contributed by atoms with Gasteiger partial charge in [-0.15, -0.1) is 0 Å². The van der Waals surface area contributed by atoms with Gasteiger partial charge in [-0.25, -0.2) is 4.39 Å². The van der Waals surface area contributed by atoms with Crippen molar-refractivity contribution in [3.8, 4) is 16.9 Å². The minimum Gasteiger partial charge on any atom is -0.465 e. The van der Waals surface area contributed by atoms with Gasteiger partial charge in [0.15, 0.2) is 0 Å². The first kappa shape index (κ1) is 19.8. The van der Waals surface area contributed by atoms with Crippen molar-refractivity contribution in [1.29, 1.82) is 0 Å². The molecule has 0 spiro atoms. The van der Waals surface area contributed by atoms with Gasteiger partial charge >= 0.3 is 0 Å². The molecule has 0 amide bonds. The van der Waals surface area contributed by atoms with Crippen LogP contribution < -0.4 is 10.5 Å². The van der Waals surface area contributed by atoms with Crippen LogP contribution >= 0.6 is 0 Å². The Morgan fingerprint density at radius 3 is 2.67 bits per heavy atom. The quantitative estimate of drug-likeness (QED) is 0.820. The summed E-state index contributed by atoms with van der Waals surface area (Å²) in [7, 11) is 1.71. The summed E-state index contributed by atoms with van der Waals surface area (Å²) >= 11 is 0. The molecule has 2 aromatic rings. The van der Waals surface area contributed by atoms with Crippen LogP contribution in [0.5, 0.6) is 5.75 Å². The predicted octanol–water partition coefficient (Wildman–Crippen LogP) is 4.30. The molecule has 2 unspecified atom stereocenters. The highest BCUT2D eigenvalue weighted by Gasteiger charge is 2.38. The third-order valence-electron chi connectivity index (χ3n) is 5.06. The number of hydrogen-bond acceptors (Lipinski definition) is 4. The normalized spacial score (nSPS) is 21.8. The number of methoxy groups -OCH3 is 1. The van der Waals surface area contributed by atoms with E-state index < -0.39 is 5.60 Å². The van der Waals surface area contributed by atoms with Gasteiger partial charge in [-0.1, -0.05) is 18.2 Å². The van der Waals surface area contributed by atoms with E-state index >= 15 is 0 Å². The average molecular weight is 373 g/mol. The fraction of sp³-hybridized carbons (Fsp3) is 0.455. The molecule has 0 aliphatic carbocycles. The monoisotopic (exact) mass is 373 g/mol. The van der Waals surface area contributed by atoms with E-state index in [1.165, 1.54) is 12.1 Å². The smallest absolute Gasteiger partial charge is 0.200 e. The van der Waals surface area contributed by atoms with Crippen LogP contribution in [0.3, 0.4) is 0 Å².